The number of hydrogen-bond donors (Lipinski definition) is 0. The van der Waals surface area contributed by atoms with Gasteiger partial charge in [0.2, 0.25) is 0 Å². The Morgan fingerprint density at radius 2 is 1.52 bits per heavy atom. The van der Waals surface area contributed by atoms with Gasteiger partial charge in [0.25, 0.3) is 0 Å². The van der Waals surface area contributed by atoms with Crippen LogP contribution in [0.1, 0.15) is 31.1 Å². The molecule has 4 heteroatoms. The van der Waals surface area contributed by atoms with Crippen LogP contribution < -0.4 is 0 Å². The second-order valence-corrected chi connectivity index (χ2v) is 5.46. The summed E-state index contributed by atoms with van der Waals surface area (Å²) < 4.78 is 1.84. The lowest BCUT2D eigenvalue weighted by Gasteiger charge is -2.28. The Morgan fingerprint density at radius 3 is 2.13 bits per heavy atom. The third kappa shape index (κ3) is 3.32. The van der Waals surface area contributed by atoms with E-state index in [2.05, 4.69) is 53.3 Å². The molecule has 0 aliphatic heterocycles. The van der Waals surface area contributed by atoms with Crippen molar-refractivity contribution in [3.63, 3.8) is 0 Å². The molecule has 0 N–H and O–H groups in total. The molecule has 0 spiro atoms. The van der Waals surface area contributed by atoms with Crippen LogP contribution in [0.25, 0.3) is 5.69 Å². The van der Waals surface area contributed by atoms with Gasteiger partial charge in [-0.05, 0) is 30.8 Å². The number of aromatic nitrogens is 3. The largest absolute Gasteiger partial charge is 0.292 e. The molecule has 4 nitrogen and oxygen atoms in total. The quantitative estimate of drug-likeness (QED) is 0.696. The Labute approximate surface area is 137 Å². The highest BCUT2D eigenvalue weighted by Gasteiger charge is 2.23. The molecule has 0 fully saturated rings. The van der Waals surface area contributed by atoms with Crippen LogP contribution in [0.4, 0.5) is 0 Å². The highest BCUT2D eigenvalue weighted by molar-refractivity contribution is 5.32. The third-order valence-electron chi connectivity index (χ3n) is 4.10. The van der Waals surface area contributed by atoms with E-state index in [1.165, 1.54) is 5.56 Å². The number of benzene rings is 2. The van der Waals surface area contributed by atoms with Crippen molar-refractivity contribution in [2.24, 2.45) is 0 Å². The van der Waals surface area contributed by atoms with E-state index in [4.69, 9.17) is 0 Å². The summed E-state index contributed by atoms with van der Waals surface area (Å²) >= 11 is 0. The molecule has 118 valence electrons. The maximum Gasteiger partial charge on any atom is 0.105 e. The number of hydrogen-bond acceptors (Lipinski definition) is 3. The first kappa shape index (κ1) is 15.4. The number of para-hydroxylation sites is 1. The van der Waals surface area contributed by atoms with Gasteiger partial charge in [-0.2, -0.15) is 0 Å². The van der Waals surface area contributed by atoms with Gasteiger partial charge in [-0.25, -0.2) is 4.68 Å². The van der Waals surface area contributed by atoms with E-state index < -0.39 is 0 Å². The van der Waals surface area contributed by atoms with Crippen LogP contribution in [0.3, 0.4) is 0 Å². The summed E-state index contributed by atoms with van der Waals surface area (Å²) in [6, 6.07) is 20.7. The maximum absolute atomic E-state index is 4.46. The first-order valence-electron chi connectivity index (χ1n) is 8.10. The highest BCUT2D eigenvalue weighted by atomic mass is 15.4. The molecule has 23 heavy (non-hydrogen) atoms. The van der Waals surface area contributed by atoms with Gasteiger partial charge in [0.15, 0.2) is 0 Å². The van der Waals surface area contributed by atoms with Crippen LogP contribution in [0.15, 0.2) is 66.9 Å². The molecular weight excluding hydrogens is 284 g/mol. The molecule has 3 rings (SSSR count). The third-order valence-corrected chi connectivity index (χ3v) is 4.10. The Balaban J connectivity index is 1.99. The molecule has 0 amide bonds. The Bertz CT molecular complexity index is 717. The van der Waals surface area contributed by atoms with Gasteiger partial charge in [-0.3, -0.25) is 4.90 Å². The van der Waals surface area contributed by atoms with Crippen LogP contribution in [0, 0.1) is 0 Å². The minimum Gasteiger partial charge on any atom is -0.292 e. The topological polar surface area (TPSA) is 34.0 Å². The summed E-state index contributed by atoms with van der Waals surface area (Å²) in [5.41, 5.74) is 3.25. The van der Waals surface area contributed by atoms with Gasteiger partial charge in [0, 0.05) is 0 Å². The molecule has 0 radical (unpaired) electrons. The second kappa shape index (κ2) is 7.20. The zero-order valence-corrected chi connectivity index (χ0v) is 13.6. The van der Waals surface area contributed by atoms with Crippen LogP contribution in [-0.4, -0.2) is 33.0 Å². The summed E-state index contributed by atoms with van der Waals surface area (Å²) in [4.78, 5) is 2.40. The van der Waals surface area contributed by atoms with Crippen LogP contribution in [-0.2, 0) is 0 Å². The number of nitrogens with zero attached hydrogens (tertiary/aromatic N) is 4. The van der Waals surface area contributed by atoms with Crippen molar-refractivity contribution >= 4 is 0 Å². The molecule has 0 saturated carbocycles. The average Bonchev–Trinajstić information content (AvgIpc) is 3.10. The molecule has 2 aromatic carbocycles. The van der Waals surface area contributed by atoms with Gasteiger partial charge < -0.3 is 0 Å². The van der Waals surface area contributed by atoms with Crippen molar-refractivity contribution in [1.82, 2.24) is 19.9 Å². The van der Waals surface area contributed by atoms with Gasteiger partial charge >= 0.3 is 0 Å². The molecular formula is C19H22N4. The first-order valence-corrected chi connectivity index (χ1v) is 8.10. The molecule has 0 bridgehead atoms. The van der Waals surface area contributed by atoms with E-state index in [1.807, 2.05) is 47.3 Å². The van der Waals surface area contributed by atoms with Crippen molar-refractivity contribution in [2.75, 3.05) is 13.1 Å². The predicted octanol–water partition coefficient (Wildman–Crippen LogP) is 3.70. The summed E-state index contributed by atoms with van der Waals surface area (Å²) in [7, 11) is 0. The standard InChI is InChI=1S/C19H22N4/c1-3-22(4-2)19(16-11-7-5-8-12-16)18-15-23(21-20-18)17-13-9-6-10-14-17/h5-15,19H,3-4H2,1-2H3. The molecule has 1 atom stereocenters. The average molecular weight is 306 g/mol. The normalized spacial score (nSPS) is 12.5. The van der Waals surface area contributed by atoms with Crippen molar-refractivity contribution in [3.8, 4) is 5.69 Å². The van der Waals surface area contributed by atoms with Gasteiger partial charge in [-0.15, -0.1) is 5.10 Å². The first-order chi connectivity index (χ1) is 11.3. The van der Waals surface area contributed by atoms with Gasteiger partial charge in [0.05, 0.1) is 17.9 Å². The fourth-order valence-corrected chi connectivity index (χ4v) is 2.90. The molecule has 0 aliphatic carbocycles. The van der Waals surface area contributed by atoms with E-state index in [-0.39, 0.29) is 6.04 Å². The van der Waals surface area contributed by atoms with Crippen LogP contribution in [0.2, 0.25) is 0 Å². The lowest BCUT2D eigenvalue weighted by atomic mass is 10.0. The van der Waals surface area contributed by atoms with E-state index in [0.717, 1.165) is 24.5 Å². The van der Waals surface area contributed by atoms with Gasteiger partial charge in [0.1, 0.15) is 5.69 Å². The Hall–Kier alpha value is -2.46. The lowest BCUT2D eigenvalue weighted by molar-refractivity contribution is 0.246. The monoisotopic (exact) mass is 306 g/mol. The molecule has 0 aliphatic rings. The van der Waals surface area contributed by atoms with Crippen LogP contribution in [0.5, 0.6) is 0 Å². The summed E-state index contributed by atoms with van der Waals surface area (Å²) in [5, 5.41) is 8.78. The smallest absolute Gasteiger partial charge is 0.105 e. The van der Waals surface area contributed by atoms with Crippen LogP contribution >= 0.6 is 0 Å². The fraction of sp³-hybridized carbons (Fsp3) is 0.263. The maximum atomic E-state index is 4.46. The second-order valence-electron chi connectivity index (χ2n) is 5.46. The van der Waals surface area contributed by atoms with E-state index >= 15 is 0 Å². The lowest BCUT2D eigenvalue weighted by Crippen LogP contribution is -2.29. The highest BCUT2D eigenvalue weighted by Crippen LogP contribution is 2.27. The Morgan fingerprint density at radius 1 is 0.913 bits per heavy atom. The summed E-state index contributed by atoms with van der Waals surface area (Å²) in [5.74, 6) is 0. The van der Waals surface area contributed by atoms with E-state index in [9.17, 15) is 0 Å². The zero-order valence-electron chi connectivity index (χ0n) is 13.6. The molecule has 3 aromatic rings. The zero-order chi connectivity index (χ0) is 16.1. The van der Waals surface area contributed by atoms with Crippen molar-refractivity contribution in [1.29, 1.82) is 0 Å². The molecule has 1 aromatic heterocycles. The Kier molecular flexibility index (Phi) is 4.83. The molecule has 0 saturated heterocycles. The fourth-order valence-electron chi connectivity index (χ4n) is 2.90. The predicted molar refractivity (Wildman–Crippen MR) is 92.6 cm³/mol. The molecule has 1 heterocycles. The minimum atomic E-state index is 0.128. The molecule has 1 unspecified atom stereocenters. The van der Waals surface area contributed by atoms with Gasteiger partial charge in [-0.1, -0.05) is 67.6 Å². The SMILES string of the molecule is CCN(CC)C(c1ccccc1)c1cn(-c2ccccc2)nn1. The van der Waals surface area contributed by atoms with Crippen molar-refractivity contribution in [3.05, 3.63) is 78.1 Å². The van der Waals surface area contributed by atoms with Crippen molar-refractivity contribution < 1.29 is 0 Å². The minimum absolute atomic E-state index is 0.128. The van der Waals surface area contributed by atoms with E-state index in [1.54, 1.807) is 0 Å². The summed E-state index contributed by atoms with van der Waals surface area (Å²) in [6.45, 7) is 6.30. The van der Waals surface area contributed by atoms with E-state index in [0.29, 0.717) is 0 Å². The van der Waals surface area contributed by atoms with Crippen molar-refractivity contribution in [2.45, 2.75) is 19.9 Å². The number of rotatable bonds is 6. The summed E-state index contributed by atoms with van der Waals surface area (Å²) in [6.07, 6.45) is 2.03.